The Morgan fingerprint density at radius 1 is 1.61 bits per heavy atom. The Hall–Kier alpha value is -1.33. The fraction of sp³-hybridized carbons (Fsp3) is 0.615. The van der Waals surface area contributed by atoms with Crippen LogP contribution in [0.2, 0.25) is 0 Å². The molecule has 1 saturated heterocycles. The minimum atomic E-state index is 0.00445. The zero-order valence-corrected chi connectivity index (χ0v) is 10.8. The number of rotatable bonds is 4. The van der Waals surface area contributed by atoms with Crippen LogP contribution >= 0.6 is 0 Å². The van der Waals surface area contributed by atoms with E-state index in [1.165, 1.54) is 0 Å². The van der Waals surface area contributed by atoms with E-state index < -0.39 is 0 Å². The lowest BCUT2D eigenvalue weighted by atomic mass is 10.1. The summed E-state index contributed by atoms with van der Waals surface area (Å²) in [5.41, 5.74) is 6.83. The summed E-state index contributed by atoms with van der Waals surface area (Å²) in [6.45, 7) is 3.76. The third kappa shape index (κ3) is 3.58. The van der Waals surface area contributed by atoms with Crippen molar-refractivity contribution < 1.29 is 9.53 Å². The van der Waals surface area contributed by atoms with Crippen molar-refractivity contribution in [1.29, 1.82) is 0 Å². The average Bonchev–Trinajstić information content (AvgIpc) is 2.78. The number of aromatic nitrogens is 1. The molecule has 18 heavy (non-hydrogen) atoms. The van der Waals surface area contributed by atoms with Crippen LogP contribution in [-0.4, -0.2) is 29.7 Å². The molecule has 1 aliphatic rings. The molecule has 5 heteroatoms. The normalized spacial score (nSPS) is 18.6. The van der Waals surface area contributed by atoms with Gasteiger partial charge in [-0.3, -0.25) is 4.79 Å². The maximum atomic E-state index is 11.9. The van der Waals surface area contributed by atoms with E-state index in [9.17, 15) is 4.79 Å². The number of amides is 1. The topological polar surface area (TPSA) is 69.3 Å². The van der Waals surface area contributed by atoms with E-state index in [1.807, 2.05) is 30.0 Å². The van der Waals surface area contributed by atoms with E-state index in [0.29, 0.717) is 6.54 Å². The largest absolute Gasteiger partial charge is 0.381 e. The molecule has 0 radical (unpaired) electrons. The standard InChI is InChI=1S/C13H21N3O2/c1-10(14)11-2-5-16(8-11)9-13(17)15-12-3-6-18-7-4-12/h2,5,8,10,12H,3-4,6-7,9,14H2,1H3,(H,15,17). The first-order valence-corrected chi connectivity index (χ1v) is 6.43. The van der Waals surface area contributed by atoms with Crippen molar-refractivity contribution in [1.82, 2.24) is 9.88 Å². The zero-order chi connectivity index (χ0) is 13.0. The van der Waals surface area contributed by atoms with E-state index in [0.717, 1.165) is 31.6 Å². The van der Waals surface area contributed by atoms with Crippen molar-refractivity contribution in [2.75, 3.05) is 13.2 Å². The molecule has 0 aromatic carbocycles. The van der Waals surface area contributed by atoms with Gasteiger partial charge in [0.25, 0.3) is 0 Å². The Labute approximate surface area is 107 Å². The Bertz CT molecular complexity index is 395. The van der Waals surface area contributed by atoms with Crippen molar-refractivity contribution in [3.63, 3.8) is 0 Å². The van der Waals surface area contributed by atoms with Gasteiger partial charge >= 0.3 is 0 Å². The van der Waals surface area contributed by atoms with Gasteiger partial charge in [-0.2, -0.15) is 0 Å². The predicted molar refractivity (Wildman–Crippen MR) is 69.0 cm³/mol. The SMILES string of the molecule is CC(N)c1ccn(CC(=O)NC2CCOCC2)c1. The fourth-order valence-corrected chi connectivity index (χ4v) is 2.11. The first-order valence-electron chi connectivity index (χ1n) is 6.43. The van der Waals surface area contributed by atoms with E-state index in [4.69, 9.17) is 10.5 Å². The number of hydrogen-bond acceptors (Lipinski definition) is 3. The van der Waals surface area contributed by atoms with Gasteiger partial charge in [-0.05, 0) is 31.4 Å². The van der Waals surface area contributed by atoms with Crippen LogP contribution in [0.3, 0.4) is 0 Å². The highest BCUT2D eigenvalue weighted by Crippen LogP contribution is 2.10. The first kappa shape index (κ1) is 13.1. The van der Waals surface area contributed by atoms with Crippen LogP contribution in [0.25, 0.3) is 0 Å². The van der Waals surface area contributed by atoms with Crippen LogP contribution in [0.5, 0.6) is 0 Å². The highest BCUT2D eigenvalue weighted by Gasteiger charge is 2.16. The van der Waals surface area contributed by atoms with Gasteiger partial charge in [0.1, 0.15) is 6.54 Å². The molecule has 100 valence electrons. The molecule has 5 nitrogen and oxygen atoms in total. The number of hydrogen-bond donors (Lipinski definition) is 2. The fourth-order valence-electron chi connectivity index (χ4n) is 2.11. The van der Waals surface area contributed by atoms with Gasteiger partial charge in [0.2, 0.25) is 5.91 Å². The van der Waals surface area contributed by atoms with Crippen LogP contribution in [-0.2, 0) is 16.1 Å². The van der Waals surface area contributed by atoms with Crippen LogP contribution < -0.4 is 11.1 Å². The molecular weight excluding hydrogens is 230 g/mol. The van der Waals surface area contributed by atoms with Gasteiger partial charge in [-0.1, -0.05) is 0 Å². The summed E-state index contributed by atoms with van der Waals surface area (Å²) in [5, 5.41) is 3.03. The van der Waals surface area contributed by atoms with E-state index in [2.05, 4.69) is 5.32 Å². The van der Waals surface area contributed by atoms with Crippen molar-refractivity contribution in [3.8, 4) is 0 Å². The number of nitrogens with zero attached hydrogens (tertiary/aromatic N) is 1. The Balaban J connectivity index is 1.82. The van der Waals surface area contributed by atoms with Crippen molar-refractivity contribution in [2.45, 2.75) is 38.4 Å². The van der Waals surface area contributed by atoms with Gasteiger partial charge in [0.05, 0.1) is 0 Å². The Morgan fingerprint density at radius 3 is 2.94 bits per heavy atom. The lowest BCUT2D eigenvalue weighted by molar-refractivity contribution is -0.122. The number of ether oxygens (including phenoxy) is 1. The summed E-state index contributed by atoms with van der Waals surface area (Å²) in [5.74, 6) is 0.0497. The minimum Gasteiger partial charge on any atom is -0.381 e. The number of nitrogens with one attached hydrogen (secondary N) is 1. The quantitative estimate of drug-likeness (QED) is 0.831. The molecule has 1 aliphatic heterocycles. The van der Waals surface area contributed by atoms with Crippen LogP contribution in [0.4, 0.5) is 0 Å². The highest BCUT2D eigenvalue weighted by atomic mass is 16.5. The lowest BCUT2D eigenvalue weighted by Gasteiger charge is -2.23. The third-order valence-electron chi connectivity index (χ3n) is 3.21. The maximum absolute atomic E-state index is 11.9. The molecule has 2 rings (SSSR count). The predicted octanol–water partition coefficient (Wildman–Crippen LogP) is 0.803. The molecule has 1 fully saturated rings. The molecule has 1 atom stereocenters. The summed E-state index contributed by atoms with van der Waals surface area (Å²) in [7, 11) is 0. The summed E-state index contributed by atoms with van der Waals surface area (Å²) in [6.07, 6.45) is 5.63. The Morgan fingerprint density at radius 2 is 2.33 bits per heavy atom. The van der Waals surface area contributed by atoms with Crippen molar-refractivity contribution in [3.05, 3.63) is 24.0 Å². The van der Waals surface area contributed by atoms with E-state index in [1.54, 1.807) is 0 Å². The second-order valence-corrected chi connectivity index (χ2v) is 4.86. The number of nitrogens with two attached hydrogens (primary N) is 1. The van der Waals surface area contributed by atoms with E-state index >= 15 is 0 Å². The smallest absolute Gasteiger partial charge is 0.240 e. The maximum Gasteiger partial charge on any atom is 0.240 e. The molecule has 0 saturated carbocycles. The first-order chi connectivity index (χ1) is 8.65. The minimum absolute atomic E-state index is 0.00445. The van der Waals surface area contributed by atoms with Crippen LogP contribution in [0.15, 0.2) is 18.5 Å². The van der Waals surface area contributed by atoms with Crippen LogP contribution in [0.1, 0.15) is 31.4 Å². The molecule has 0 aliphatic carbocycles. The third-order valence-corrected chi connectivity index (χ3v) is 3.21. The summed E-state index contributed by atoms with van der Waals surface area (Å²) in [6, 6.07) is 2.21. The summed E-state index contributed by atoms with van der Waals surface area (Å²) < 4.78 is 7.13. The second kappa shape index (κ2) is 6.02. The molecule has 0 bridgehead atoms. The lowest BCUT2D eigenvalue weighted by Crippen LogP contribution is -2.40. The molecular formula is C13H21N3O2. The van der Waals surface area contributed by atoms with Crippen molar-refractivity contribution in [2.24, 2.45) is 5.73 Å². The van der Waals surface area contributed by atoms with Gasteiger partial charge in [0.15, 0.2) is 0 Å². The average molecular weight is 251 g/mol. The van der Waals surface area contributed by atoms with Gasteiger partial charge in [0, 0.05) is 37.7 Å². The summed E-state index contributed by atoms with van der Waals surface area (Å²) in [4.78, 5) is 11.9. The Kier molecular flexibility index (Phi) is 4.38. The monoisotopic (exact) mass is 251 g/mol. The zero-order valence-electron chi connectivity index (χ0n) is 10.8. The van der Waals surface area contributed by atoms with Gasteiger partial charge < -0.3 is 20.4 Å². The van der Waals surface area contributed by atoms with Crippen molar-refractivity contribution >= 4 is 5.91 Å². The summed E-state index contributed by atoms with van der Waals surface area (Å²) >= 11 is 0. The second-order valence-electron chi connectivity index (χ2n) is 4.86. The highest BCUT2D eigenvalue weighted by molar-refractivity contribution is 5.76. The molecule has 0 spiro atoms. The molecule has 1 amide bonds. The van der Waals surface area contributed by atoms with Gasteiger partial charge in [-0.15, -0.1) is 0 Å². The number of carbonyl (C=O) groups excluding carboxylic acids is 1. The number of carbonyl (C=O) groups is 1. The molecule has 2 heterocycles. The van der Waals surface area contributed by atoms with Gasteiger partial charge in [-0.25, -0.2) is 0 Å². The molecule has 3 N–H and O–H groups in total. The van der Waals surface area contributed by atoms with Crippen LogP contribution in [0, 0.1) is 0 Å². The molecule has 1 unspecified atom stereocenters. The molecule has 1 aromatic heterocycles. The molecule has 1 aromatic rings. The van der Waals surface area contributed by atoms with E-state index in [-0.39, 0.29) is 18.0 Å².